The highest BCUT2D eigenvalue weighted by molar-refractivity contribution is 5.78. The molecule has 2 fully saturated rings. The minimum absolute atomic E-state index is 0.0290. The first-order valence-electron chi connectivity index (χ1n) is 7.00. The maximum atomic E-state index is 12.0. The molecule has 3 rings (SSSR count). The number of carboxylic acid groups (broad SMARTS) is 1. The molecule has 2 heteroatoms. The van der Waals surface area contributed by atoms with Crippen LogP contribution in [0, 0.1) is 22.7 Å². The van der Waals surface area contributed by atoms with E-state index in [9.17, 15) is 9.90 Å². The average molecular weight is 234 g/mol. The molecule has 2 nitrogen and oxygen atoms in total. The van der Waals surface area contributed by atoms with E-state index in [0.29, 0.717) is 11.8 Å². The van der Waals surface area contributed by atoms with Crippen LogP contribution in [0.2, 0.25) is 0 Å². The third-order valence-electron chi connectivity index (χ3n) is 5.81. The molecule has 3 aliphatic rings. The predicted molar refractivity (Wildman–Crippen MR) is 66.6 cm³/mol. The summed E-state index contributed by atoms with van der Waals surface area (Å²) in [7, 11) is 0. The molecule has 94 valence electrons. The molecule has 3 aliphatic carbocycles. The van der Waals surface area contributed by atoms with Crippen LogP contribution in [0.4, 0.5) is 0 Å². The highest BCUT2D eigenvalue weighted by Gasteiger charge is 2.62. The molecule has 0 radical (unpaired) electrons. The number of hydrogen-bond acceptors (Lipinski definition) is 1. The molecular formula is C15H22O2. The number of fused-ring (bicyclic) bond motifs is 2. The Balaban J connectivity index is 2.00. The second kappa shape index (κ2) is 3.60. The van der Waals surface area contributed by atoms with Crippen LogP contribution in [0.3, 0.4) is 0 Å². The highest BCUT2D eigenvalue weighted by atomic mass is 16.4. The van der Waals surface area contributed by atoms with Crippen molar-refractivity contribution < 1.29 is 9.90 Å². The summed E-state index contributed by atoms with van der Waals surface area (Å²) in [4.78, 5) is 12.0. The minimum atomic E-state index is -0.529. The van der Waals surface area contributed by atoms with E-state index in [4.69, 9.17) is 0 Å². The molecule has 0 aromatic rings. The van der Waals surface area contributed by atoms with Gasteiger partial charge >= 0.3 is 5.97 Å². The van der Waals surface area contributed by atoms with Crippen molar-refractivity contribution >= 4 is 5.97 Å². The van der Waals surface area contributed by atoms with Crippen molar-refractivity contribution in [2.75, 3.05) is 0 Å². The fourth-order valence-corrected chi connectivity index (χ4v) is 4.83. The normalized spacial score (nSPS) is 42.9. The van der Waals surface area contributed by atoms with Crippen molar-refractivity contribution in [2.24, 2.45) is 22.7 Å². The molecule has 0 heterocycles. The van der Waals surface area contributed by atoms with Gasteiger partial charge in [0, 0.05) is 0 Å². The SMILES string of the molecule is CC1(C2(C(=O)O)CC3C=CC2C3)CCCCC1. The van der Waals surface area contributed by atoms with Gasteiger partial charge in [0.2, 0.25) is 0 Å². The smallest absolute Gasteiger partial charge is 0.310 e. The van der Waals surface area contributed by atoms with Gasteiger partial charge in [-0.15, -0.1) is 0 Å². The lowest BCUT2D eigenvalue weighted by atomic mass is 9.53. The summed E-state index contributed by atoms with van der Waals surface area (Å²) in [6, 6.07) is 0. The maximum absolute atomic E-state index is 12.0. The van der Waals surface area contributed by atoms with Gasteiger partial charge in [0.1, 0.15) is 0 Å². The van der Waals surface area contributed by atoms with Gasteiger partial charge in [-0.3, -0.25) is 4.79 Å². The average Bonchev–Trinajstić information content (AvgIpc) is 2.90. The zero-order valence-corrected chi connectivity index (χ0v) is 10.6. The van der Waals surface area contributed by atoms with Crippen LogP contribution in [0.15, 0.2) is 12.2 Å². The van der Waals surface area contributed by atoms with Crippen molar-refractivity contribution in [2.45, 2.75) is 51.9 Å². The van der Waals surface area contributed by atoms with Gasteiger partial charge in [-0.1, -0.05) is 38.3 Å². The first-order chi connectivity index (χ1) is 8.08. The summed E-state index contributed by atoms with van der Waals surface area (Å²) in [6.45, 7) is 2.24. The van der Waals surface area contributed by atoms with E-state index in [2.05, 4.69) is 19.1 Å². The highest BCUT2D eigenvalue weighted by Crippen LogP contribution is 2.64. The molecule has 0 spiro atoms. The van der Waals surface area contributed by atoms with Crippen LogP contribution < -0.4 is 0 Å². The lowest BCUT2D eigenvalue weighted by molar-refractivity contribution is -0.163. The molecule has 17 heavy (non-hydrogen) atoms. The Morgan fingerprint density at radius 1 is 1.24 bits per heavy atom. The van der Waals surface area contributed by atoms with Crippen LogP contribution in [0.5, 0.6) is 0 Å². The van der Waals surface area contributed by atoms with Crippen LogP contribution in [0.1, 0.15) is 51.9 Å². The molecular weight excluding hydrogens is 212 g/mol. The molecule has 2 saturated carbocycles. The second-order valence-corrected chi connectivity index (χ2v) is 6.59. The standard InChI is InChI=1S/C15H22O2/c1-14(7-3-2-4-8-14)15(13(16)17)10-11-5-6-12(15)9-11/h5-6,11-12H,2-4,7-10H2,1H3,(H,16,17). The number of allylic oxidation sites excluding steroid dienone is 2. The largest absolute Gasteiger partial charge is 0.481 e. The van der Waals surface area contributed by atoms with E-state index in [1.165, 1.54) is 19.3 Å². The maximum Gasteiger partial charge on any atom is 0.310 e. The fourth-order valence-electron chi connectivity index (χ4n) is 4.83. The van der Waals surface area contributed by atoms with Crippen LogP contribution in [0.25, 0.3) is 0 Å². The summed E-state index contributed by atoms with van der Waals surface area (Å²) in [6.07, 6.45) is 12.4. The summed E-state index contributed by atoms with van der Waals surface area (Å²) in [5, 5.41) is 9.87. The summed E-state index contributed by atoms with van der Waals surface area (Å²) in [5.74, 6) is 0.307. The van der Waals surface area contributed by atoms with Crippen LogP contribution in [-0.4, -0.2) is 11.1 Å². The molecule has 0 amide bonds. The number of carboxylic acids is 1. The van der Waals surface area contributed by atoms with E-state index in [-0.39, 0.29) is 5.41 Å². The molecule has 2 bridgehead atoms. The zero-order chi connectivity index (χ0) is 12.1. The fraction of sp³-hybridized carbons (Fsp3) is 0.800. The summed E-state index contributed by atoms with van der Waals surface area (Å²) in [5.41, 5.74) is -0.423. The number of rotatable bonds is 2. The molecule has 1 N–H and O–H groups in total. The van der Waals surface area contributed by atoms with Gasteiger partial charge in [0.15, 0.2) is 0 Å². The van der Waals surface area contributed by atoms with Crippen molar-refractivity contribution in [3.63, 3.8) is 0 Å². The van der Waals surface area contributed by atoms with E-state index >= 15 is 0 Å². The Hall–Kier alpha value is -0.790. The Morgan fingerprint density at radius 3 is 2.41 bits per heavy atom. The first kappa shape index (κ1) is 11.3. The van der Waals surface area contributed by atoms with E-state index in [1.54, 1.807) is 0 Å². The molecule has 3 unspecified atom stereocenters. The summed E-state index contributed by atoms with van der Waals surface area (Å²) < 4.78 is 0. The Labute approximate surface area is 103 Å². The van der Waals surface area contributed by atoms with Crippen molar-refractivity contribution in [1.29, 1.82) is 0 Å². The molecule has 0 aromatic heterocycles. The van der Waals surface area contributed by atoms with Gasteiger partial charge < -0.3 is 5.11 Å². The summed E-state index contributed by atoms with van der Waals surface area (Å²) >= 11 is 0. The van der Waals surface area contributed by atoms with Gasteiger partial charge in [-0.25, -0.2) is 0 Å². The van der Waals surface area contributed by atoms with Gasteiger partial charge in [0.05, 0.1) is 5.41 Å². The Morgan fingerprint density at radius 2 is 1.94 bits per heavy atom. The number of hydrogen-bond donors (Lipinski definition) is 1. The van der Waals surface area contributed by atoms with Gasteiger partial charge in [0.25, 0.3) is 0 Å². The molecule has 0 aliphatic heterocycles. The first-order valence-corrected chi connectivity index (χ1v) is 7.00. The van der Waals surface area contributed by atoms with Crippen LogP contribution >= 0.6 is 0 Å². The zero-order valence-electron chi connectivity index (χ0n) is 10.6. The lowest BCUT2D eigenvalue weighted by Gasteiger charge is -2.49. The Kier molecular flexibility index (Phi) is 2.39. The second-order valence-electron chi connectivity index (χ2n) is 6.59. The monoisotopic (exact) mass is 234 g/mol. The number of carbonyl (C=O) groups is 1. The topological polar surface area (TPSA) is 37.3 Å². The quantitative estimate of drug-likeness (QED) is 0.741. The number of aliphatic carboxylic acids is 1. The predicted octanol–water partition coefficient (Wildman–Crippen LogP) is 3.62. The lowest BCUT2D eigenvalue weighted by Crippen LogP contribution is -2.50. The van der Waals surface area contributed by atoms with Crippen molar-refractivity contribution in [3.8, 4) is 0 Å². The third-order valence-corrected chi connectivity index (χ3v) is 5.81. The van der Waals surface area contributed by atoms with E-state index < -0.39 is 11.4 Å². The molecule has 0 saturated heterocycles. The molecule has 0 aromatic carbocycles. The van der Waals surface area contributed by atoms with E-state index in [1.807, 2.05) is 0 Å². The van der Waals surface area contributed by atoms with Crippen molar-refractivity contribution in [3.05, 3.63) is 12.2 Å². The Bertz CT molecular complexity index is 365. The van der Waals surface area contributed by atoms with Crippen LogP contribution in [-0.2, 0) is 4.79 Å². The molecule has 3 atom stereocenters. The van der Waals surface area contributed by atoms with E-state index in [0.717, 1.165) is 25.7 Å². The third kappa shape index (κ3) is 1.36. The van der Waals surface area contributed by atoms with Gasteiger partial charge in [-0.05, 0) is 42.9 Å². The van der Waals surface area contributed by atoms with Gasteiger partial charge in [-0.2, -0.15) is 0 Å². The minimum Gasteiger partial charge on any atom is -0.481 e. The van der Waals surface area contributed by atoms with Crippen molar-refractivity contribution in [1.82, 2.24) is 0 Å².